The molecule has 0 heterocycles. The van der Waals surface area contributed by atoms with Crippen molar-refractivity contribution < 1.29 is 14.7 Å². The lowest BCUT2D eigenvalue weighted by molar-refractivity contribution is -0.136. The monoisotopic (exact) mass is 288 g/mol. The van der Waals surface area contributed by atoms with Crippen LogP contribution in [0.5, 0.6) is 0 Å². The fraction of sp³-hybridized carbons (Fsp3) is 0.867. The van der Waals surface area contributed by atoms with Gasteiger partial charge in [0, 0.05) is 13.0 Å². The van der Waals surface area contributed by atoms with Crippen LogP contribution >= 0.6 is 0 Å². The largest absolute Gasteiger partial charge is 0.481 e. The zero-order valence-corrected chi connectivity index (χ0v) is 13.0. The van der Waals surface area contributed by atoms with Crippen LogP contribution in [0, 0.1) is 0 Å². The summed E-state index contributed by atoms with van der Waals surface area (Å²) >= 11 is 0. The highest BCUT2D eigenvalue weighted by Gasteiger charge is 2.02. The molecule has 120 valence electrons. The molecule has 0 atom stereocenters. The second-order valence-electron chi connectivity index (χ2n) is 5.07. The maximum absolute atomic E-state index is 11.3. The van der Waals surface area contributed by atoms with Crippen molar-refractivity contribution in [2.24, 2.45) is 0 Å². The summed E-state index contributed by atoms with van der Waals surface area (Å²) in [5, 5.41) is 11.0. The number of carboxylic acids is 1. The summed E-state index contributed by atoms with van der Waals surface area (Å²) in [4.78, 5) is 21.6. The van der Waals surface area contributed by atoms with Crippen molar-refractivity contribution in [2.75, 3.05) is 6.54 Å². The van der Waals surface area contributed by atoms with E-state index in [0.29, 0.717) is 6.42 Å². The zero-order chi connectivity index (χ0) is 14.3. The molecule has 0 rings (SSSR count). The molecule has 0 radical (unpaired) electrons. The minimum atomic E-state index is -0.872. The average molecular weight is 288 g/mol. The Morgan fingerprint density at radius 1 is 0.850 bits per heavy atom. The van der Waals surface area contributed by atoms with Gasteiger partial charge in [-0.15, -0.1) is 0 Å². The van der Waals surface area contributed by atoms with Crippen molar-refractivity contribution in [1.82, 2.24) is 11.5 Å². The summed E-state index contributed by atoms with van der Waals surface area (Å²) in [6.45, 7) is 2.47. The van der Waals surface area contributed by atoms with Gasteiger partial charge in [0.2, 0.25) is 5.91 Å². The van der Waals surface area contributed by atoms with E-state index in [2.05, 4.69) is 12.2 Å². The van der Waals surface area contributed by atoms with Crippen LogP contribution in [0.1, 0.15) is 77.6 Å². The van der Waals surface area contributed by atoms with Gasteiger partial charge in [-0.2, -0.15) is 0 Å². The van der Waals surface area contributed by atoms with Gasteiger partial charge in [0.05, 0.1) is 6.42 Å². The number of aliphatic carboxylic acids is 1. The Balaban J connectivity index is 0. The summed E-state index contributed by atoms with van der Waals surface area (Å²) in [6, 6.07) is 0. The Labute approximate surface area is 123 Å². The Bertz CT molecular complexity index is 245. The van der Waals surface area contributed by atoms with Crippen molar-refractivity contribution in [3.05, 3.63) is 0 Å². The lowest BCUT2D eigenvalue weighted by Gasteiger charge is -2.04. The average Bonchev–Trinajstić information content (AvgIpc) is 2.36. The van der Waals surface area contributed by atoms with Crippen molar-refractivity contribution in [3.8, 4) is 0 Å². The van der Waals surface area contributed by atoms with Gasteiger partial charge in [0.25, 0.3) is 0 Å². The van der Waals surface area contributed by atoms with E-state index in [1.54, 1.807) is 0 Å². The molecule has 5 nitrogen and oxygen atoms in total. The molecule has 5 heteroatoms. The number of nitrogens with one attached hydrogen (secondary N) is 1. The van der Waals surface area contributed by atoms with Crippen LogP contribution < -0.4 is 11.5 Å². The van der Waals surface area contributed by atoms with E-state index in [-0.39, 0.29) is 25.0 Å². The van der Waals surface area contributed by atoms with Crippen molar-refractivity contribution in [1.29, 1.82) is 0 Å². The van der Waals surface area contributed by atoms with Gasteiger partial charge in [-0.25, -0.2) is 0 Å². The molecule has 0 saturated carbocycles. The zero-order valence-electron chi connectivity index (χ0n) is 13.0. The molecule has 0 spiro atoms. The standard InChI is InChI=1S/C15H29NO3.H3N/c1-2-3-4-5-6-7-8-9-10-11-14(17)16-13-12-15(18)19;/h2-13H2,1H3,(H,16,17)(H,18,19);1H3. The predicted molar refractivity (Wildman–Crippen MR) is 82.1 cm³/mol. The summed E-state index contributed by atoms with van der Waals surface area (Å²) in [5.74, 6) is -0.896. The summed E-state index contributed by atoms with van der Waals surface area (Å²) in [6.07, 6.45) is 11.6. The topological polar surface area (TPSA) is 101 Å². The number of carbonyl (C=O) groups is 2. The molecule has 0 aromatic rings. The molecular weight excluding hydrogens is 256 g/mol. The van der Waals surface area contributed by atoms with E-state index in [4.69, 9.17) is 5.11 Å². The fourth-order valence-corrected chi connectivity index (χ4v) is 1.99. The molecule has 5 N–H and O–H groups in total. The van der Waals surface area contributed by atoms with Crippen LogP contribution in [-0.4, -0.2) is 23.5 Å². The third kappa shape index (κ3) is 16.9. The van der Waals surface area contributed by atoms with Crippen molar-refractivity contribution in [2.45, 2.75) is 77.6 Å². The molecule has 0 aliphatic rings. The first-order valence-electron chi connectivity index (χ1n) is 7.65. The predicted octanol–water partition coefficient (Wildman–Crippen LogP) is 3.66. The highest BCUT2D eigenvalue weighted by atomic mass is 16.4. The Morgan fingerprint density at radius 2 is 1.35 bits per heavy atom. The molecule has 0 aromatic heterocycles. The van der Waals surface area contributed by atoms with Crippen LogP contribution in [0.2, 0.25) is 0 Å². The molecule has 0 fully saturated rings. The van der Waals surface area contributed by atoms with Gasteiger partial charge >= 0.3 is 5.97 Å². The summed E-state index contributed by atoms with van der Waals surface area (Å²) in [5.41, 5.74) is 0. The number of carboxylic acid groups (broad SMARTS) is 1. The smallest absolute Gasteiger partial charge is 0.305 e. The molecule has 20 heavy (non-hydrogen) atoms. The Morgan fingerprint density at radius 3 is 1.85 bits per heavy atom. The fourth-order valence-electron chi connectivity index (χ4n) is 1.99. The van der Waals surface area contributed by atoms with E-state index in [1.807, 2.05) is 0 Å². The number of unbranched alkanes of at least 4 members (excludes halogenated alkanes) is 8. The first kappa shape index (κ1) is 21.2. The summed E-state index contributed by atoms with van der Waals surface area (Å²) < 4.78 is 0. The molecule has 0 aliphatic heterocycles. The van der Waals surface area contributed by atoms with Crippen LogP contribution in [0.3, 0.4) is 0 Å². The SMILES string of the molecule is CCCCCCCCCCCC(=O)NCCC(=O)O.N. The van der Waals surface area contributed by atoms with Gasteiger partial charge in [-0.05, 0) is 6.42 Å². The van der Waals surface area contributed by atoms with Crippen LogP contribution in [0.15, 0.2) is 0 Å². The Kier molecular flexibility index (Phi) is 16.9. The first-order chi connectivity index (χ1) is 9.16. The third-order valence-electron chi connectivity index (χ3n) is 3.17. The lowest BCUT2D eigenvalue weighted by Crippen LogP contribution is -2.25. The van der Waals surface area contributed by atoms with E-state index < -0.39 is 5.97 Å². The van der Waals surface area contributed by atoms with Gasteiger partial charge < -0.3 is 16.6 Å². The number of amides is 1. The maximum Gasteiger partial charge on any atom is 0.305 e. The third-order valence-corrected chi connectivity index (χ3v) is 3.17. The van der Waals surface area contributed by atoms with Gasteiger partial charge in [0.1, 0.15) is 0 Å². The van der Waals surface area contributed by atoms with Crippen molar-refractivity contribution in [3.63, 3.8) is 0 Å². The maximum atomic E-state index is 11.3. The van der Waals surface area contributed by atoms with E-state index in [1.165, 1.54) is 44.9 Å². The van der Waals surface area contributed by atoms with Gasteiger partial charge in [-0.3, -0.25) is 9.59 Å². The highest BCUT2D eigenvalue weighted by Crippen LogP contribution is 2.10. The van der Waals surface area contributed by atoms with Crippen LogP contribution in [-0.2, 0) is 9.59 Å². The Hall–Kier alpha value is -1.10. The molecule has 1 amide bonds. The number of carbonyl (C=O) groups excluding carboxylic acids is 1. The second-order valence-corrected chi connectivity index (χ2v) is 5.07. The molecule has 0 saturated heterocycles. The van der Waals surface area contributed by atoms with E-state index in [0.717, 1.165) is 12.8 Å². The normalized spacial score (nSPS) is 9.85. The minimum absolute atomic E-state index is 0. The molecule has 0 aromatic carbocycles. The van der Waals surface area contributed by atoms with E-state index >= 15 is 0 Å². The van der Waals surface area contributed by atoms with Crippen molar-refractivity contribution >= 4 is 11.9 Å². The van der Waals surface area contributed by atoms with Crippen LogP contribution in [0.25, 0.3) is 0 Å². The summed E-state index contributed by atoms with van der Waals surface area (Å²) in [7, 11) is 0. The second kappa shape index (κ2) is 16.0. The van der Waals surface area contributed by atoms with Crippen LogP contribution in [0.4, 0.5) is 0 Å². The number of hydrogen-bond acceptors (Lipinski definition) is 3. The lowest BCUT2D eigenvalue weighted by atomic mass is 10.1. The van der Waals surface area contributed by atoms with Gasteiger partial charge in [0.15, 0.2) is 0 Å². The van der Waals surface area contributed by atoms with Gasteiger partial charge in [-0.1, -0.05) is 58.3 Å². The van der Waals surface area contributed by atoms with E-state index in [9.17, 15) is 9.59 Å². The highest BCUT2D eigenvalue weighted by molar-refractivity contribution is 5.76. The quantitative estimate of drug-likeness (QED) is 0.450. The number of hydrogen-bond donors (Lipinski definition) is 3. The molecule has 0 aliphatic carbocycles. The molecular formula is C15H32N2O3. The minimum Gasteiger partial charge on any atom is -0.481 e. The molecule has 0 bridgehead atoms. The molecule has 0 unspecified atom stereocenters. The number of rotatable bonds is 13. The first-order valence-corrected chi connectivity index (χ1v) is 7.65.